The molecule has 3 N–H and O–H groups in total. The topological polar surface area (TPSA) is 161 Å². The summed E-state index contributed by atoms with van der Waals surface area (Å²) in [7, 11) is -4.17. The molecule has 0 unspecified atom stereocenters. The van der Waals surface area contributed by atoms with Crippen molar-refractivity contribution in [2.75, 3.05) is 18.5 Å². The molecule has 2 aromatic rings. The molecule has 0 aliphatic rings. The van der Waals surface area contributed by atoms with Crippen LogP contribution in [0.5, 0.6) is 5.75 Å². The second kappa shape index (κ2) is 13.7. The van der Waals surface area contributed by atoms with E-state index in [1.165, 1.54) is 37.3 Å². The van der Waals surface area contributed by atoms with Crippen LogP contribution in [0, 0.1) is 0 Å². The summed E-state index contributed by atoms with van der Waals surface area (Å²) >= 11 is 0. The molecule has 0 spiro atoms. The SMILES string of the molecule is CCCOC(=O)NC(=Nc1cc(OS(=O)(=O)c2ccccc2)ccc1NC(C)=O)NC(=O)OCCC. The minimum Gasteiger partial charge on any atom is -0.449 e. The van der Waals surface area contributed by atoms with Crippen LogP contribution in [0.15, 0.2) is 58.4 Å². The van der Waals surface area contributed by atoms with E-state index in [4.69, 9.17) is 13.7 Å². The fourth-order valence-electron chi connectivity index (χ4n) is 2.58. The van der Waals surface area contributed by atoms with Crippen LogP contribution in [0.3, 0.4) is 0 Å². The van der Waals surface area contributed by atoms with Gasteiger partial charge in [0.25, 0.3) is 0 Å². The van der Waals surface area contributed by atoms with Crippen molar-refractivity contribution >= 4 is 45.5 Å². The van der Waals surface area contributed by atoms with E-state index in [1.807, 2.05) is 0 Å². The molecule has 13 heteroatoms. The molecule has 0 saturated heterocycles. The van der Waals surface area contributed by atoms with Gasteiger partial charge in [0.15, 0.2) is 0 Å². The first kappa shape index (κ1) is 28.1. The summed E-state index contributed by atoms with van der Waals surface area (Å²) in [5.41, 5.74) is 0.115. The second-order valence-corrected chi connectivity index (χ2v) is 8.74. The highest BCUT2D eigenvalue weighted by Crippen LogP contribution is 2.31. The number of carbonyl (C=O) groups is 3. The van der Waals surface area contributed by atoms with Gasteiger partial charge < -0.3 is 19.0 Å². The van der Waals surface area contributed by atoms with Crippen molar-refractivity contribution in [2.24, 2.45) is 4.99 Å². The number of amides is 3. The molecule has 0 radical (unpaired) electrons. The molecule has 0 heterocycles. The normalized spacial score (nSPS) is 10.5. The Balaban J connectivity index is 2.45. The molecule has 0 aliphatic heterocycles. The van der Waals surface area contributed by atoms with Crippen molar-refractivity contribution in [3.8, 4) is 5.75 Å². The molecule has 194 valence electrons. The van der Waals surface area contributed by atoms with Crippen LogP contribution in [0.1, 0.15) is 33.6 Å². The van der Waals surface area contributed by atoms with Crippen molar-refractivity contribution in [1.82, 2.24) is 10.6 Å². The highest BCUT2D eigenvalue weighted by Gasteiger charge is 2.18. The molecular formula is C23H28N4O8S. The number of alkyl carbamates (subject to hydrolysis) is 2. The number of rotatable bonds is 9. The fourth-order valence-corrected chi connectivity index (χ4v) is 3.52. The zero-order valence-corrected chi connectivity index (χ0v) is 20.9. The van der Waals surface area contributed by atoms with Gasteiger partial charge in [-0.1, -0.05) is 32.0 Å². The van der Waals surface area contributed by atoms with Crippen molar-refractivity contribution in [1.29, 1.82) is 0 Å². The van der Waals surface area contributed by atoms with Gasteiger partial charge in [0.1, 0.15) is 10.6 Å². The lowest BCUT2D eigenvalue weighted by atomic mass is 10.2. The van der Waals surface area contributed by atoms with Gasteiger partial charge in [-0.15, -0.1) is 0 Å². The molecule has 0 saturated carbocycles. The van der Waals surface area contributed by atoms with E-state index in [9.17, 15) is 22.8 Å². The van der Waals surface area contributed by atoms with Crippen LogP contribution < -0.4 is 20.1 Å². The van der Waals surface area contributed by atoms with Crippen LogP contribution in [-0.2, 0) is 24.4 Å². The number of benzene rings is 2. The lowest BCUT2D eigenvalue weighted by Gasteiger charge is -2.14. The number of nitrogens with zero attached hydrogens (tertiary/aromatic N) is 1. The maximum Gasteiger partial charge on any atom is 0.413 e. The van der Waals surface area contributed by atoms with Gasteiger partial charge >= 0.3 is 22.3 Å². The van der Waals surface area contributed by atoms with Gasteiger partial charge in [-0.3, -0.25) is 15.4 Å². The van der Waals surface area contributed by atoms with E-state index in [2.05, 4.69) is 20.9 Å². The molecule has 2 rings (SSSR count). The summed E-state index contributed by atoms with van der Waals surface area (Å²) in [5, 5.41) is 7.11. The second-order valence-electron chi connectivity index (χ2n) is 7.19. The Morgan fingerprint density at radius 2 is 1.47 bits per heavy atom. The van der Waals surface area contributed by atoms with E-state index in [0.717, 1.165) is 0 Å². The summed E-state index contributed by atoms with van der Waals surface area (Å²) in [6.07, 6.45) is -0.667. The highest BCUT2D eigenvalue weighted by molar-refractivity contribution is 7.87. The maximum absolute atomic E-state index is 12.6. The predicted molar refractivity (Wildman–Crippen MR) is 132 cm³/mol. The highest BCUT2D eigenvalue weighted by atomic mass is 32.2. The lowest BCUT2D eigenvalue weighted by Crippen LogP contribution is -2.44. The minimum atomic E-state index is -4.17. The van der Waals surface area contributed by atoms with Gasteiger partial charge in [0.2, 0.25) is 11.9 Å². The van der Waals surface area contributed by atoms with Crippen LogP contribution in [0.2, 0.25) is 0 Å². The number of ether oxygens (including phenoxy) is 2. The average molecular weight is 521 g/mol. The molecule has 0 atom stereocenters. The van der Waals surface area contributed by atoms with Gasteiger partial charge in [-0.2, -0.15) is 8.42 Å². The minimum absolute atomic E-state index is 0.0347. The van der Waals surface area contributed by atoms with Crippen LogP contribution in [0.25, 0.3) is 0 Å². The fraction of sp³-hybridized carbons (Fsp3) is 0.304. The summed E-state index contributed by atoms with van der Waals surface area (Å²) in [6, 6.07) is 11.4. The number of carbonyl (C=O) groups excluding carboxylic acids is 3. The average Bonchev–Trinajstić information content (AvgIpc) is 2.83. The number of nitrogens with one attached hydrogen (secondary N) is 3. The van der Waals surface area contributed by atoms with Crippen LogP contribution >= 0.6 is 0 Å². The lowest BCUT2D eigenvalue weighted by molar-refractivity contribution is -0.114. The Bertz CT molecular complexity index is 1180. The summed E-state index contributed by atoms with van der Waals surface area (Å²) in [6.45, 7) is 5.11. The first-order valence-electron chi connectivity index (χ1n) is 11.0. The number of hydrogen-bond acceptors (Lipinski definition) is 9. The van der Waals surface area contributed by atoms with E-state index in [0.29, 0.717) is 12.8 Å². The first-order chi connectivity index (χ1) is 17.1. The number of aliphatic imine (C=N–C) groups is 1. The monoisotopic (exact) mass is 520 g/mol. The Hall–Kier alpha value is -4.13. The number of anilines is 1. The van der Waals surface area contributed by atoms with Crippen molar-refractivity contribution in [2.45, 2.75) is 38.5 Å². The van der Waals surface area contributed by atoms with E-state index < -0.39 is 28.2 Å². The zero-order chi connectivity index (χ0) is 26.6. The van der Waals surface area contributed by atoms with Crippen molar-refractivity contribution in [3.05, 3.63) is 48.5 Å². The Labute approximate surface area is 209 Å². The quantitative estimate of drug-likeness (QED) is 0.256. The third kappa shape index (κ3) is 9.25. The van der Waals surface area contributed by atoms with Gasteiger partial charge in [0, 0.05) is 13.0 Å². The molecule has 12 nitrogen and oxygen atoms in total. The summed E-state index contributed by atoms with van der Waals surface area (Å²) in [4.78, 5) is 40.0. The van der Waals surface area contributed by atoms with Crippen LogP contribution in [0.4, 0.5) is 21.0 Å². The zero-order valence-electron chi connectivity index (χ0n) is 20.1. The van der Waals surface area contributed by atoms with Crippen LogP contribution in [-0.4, -0.2) is 45.7 Å². The van der Waals surface area contributed by atoms with E-state index >= 15 is 0 Å². The third-order valence-corrected chi connectivity index (χ3v) is 5.33. The van der Waals surface area contributed by atoms with Gasteiger partial charge in [-0.25, -0.2) is 14.6 Å². The first-order valence-corrected chi connectivity index (χ1v) is 12.4. The molecule has 0 fully saturated rings. The Kier molecular flexibility index (Phi) is 10.7. The van der Waals surface area contributed by atoms with E-state index in [1.54, 1.807) is 32.0 Å². The molecule has 0 aliphatic carbocycles. The van der Waals surface area contributed by atoms with Gasteiger partial charge in [0.05, 0.1) is 24.6 Å². The standard InChI is InChI=1S/C23H28N4O8S/c1-4-13-33-22(29)26-21(27-23(30)34-14-5-2)25-20-15-17(11-12-19(20)24-16(3)28)35-36(31,32)18-9-7-6-8-10-18/h6-12,15H,4-5,13-14H2,1-3H3,(H,24,28)(H2,25,26,27,29,30). The molecule has 36 heavy (non-hydrogen) atoms. The van der Waals surface area contributed by atoms with Gasteiger partial charge in [-0.05, 0) is 37.1 Å². The summed E-state index contributed by atoms with van der Waals surface area (Å²) in [5.74, 6) is -0.954. The molecule has 0 bridgehead atoms. The van der Waals surface area contributed by atoms with Crippen molar-refractivity contribution < 1.29 is 36.5 Å². The summed E-state index contributed by atoms with van der Waals surface area (Å²) < 4.78 is 40.4. The van der Waals surface area contributed by atoms with Crippen molar-refractivity contribution in [3.63, 3.8) is 0 Å². The smallest absolute Gasteiger partial charge is 0.413 e. The predicted octanol–water partition coefficient (Wildman–Crippen LogP) is 3.67. The third-order valence-electron chi connectivity index (χ3n) is 4.07. The Morgan fingerprint density at radius 1 is 0.889 bits per heavy atom. The Morgan fingerprint density at radius 3 is 2.00 bits per heavy atom. The largest absolute Gasteiger partial charge is 0.449 e. The molecular weight excluding hydrogens is 492 g/mol. The molecule has 0 aromatic heterocycles. The number of guanidine groups is 1. The van der Waals surface area contributed by atoms with E-state index in [-0.39, 0.29) is 41.2 Å². The molecule has 2 aromatic carbocycles. The molecule has 3 amide bonds. The maximum atomic E-state index is 12.6. The number of hydrogen-bond donors (Lipinski definition) is 3.